The van der Waals surface area contributed by atoms with Gasteiger partial charge in [0.05, 0.1) is 13.2 Å². The van der Waals surface area contributed by atoms with E-state index in [-0.39, 0.29) is 11.2 Å². The Hall–Kier alpha value is -1.92. The number of fused-ring (bicyclic) bond motifs is 8. The molecule has 2 saturated carbocycles. The SMILES string of the molecule is Cc1cc2c(s1)-n1c(C)nnc1C1(CC1)OC2.Cc1sc2c(c1Br)COC1(CC1)c1nnc(C)n1-2. The quantitative estimate of drug-likeness (QED) is 0.269. The predicted molar refractivity (Wildman–Crippen MR) is 137 cm³/mol. The molecule has 2 aliphatic heterocycles. The Bertz CT molecular complexity index is 1490. The average Bonchev–Trinajstić information content (AvgIpc) is 3.67. The minimum absolute atomic E-state index is 0.145. The summed E-state index contributed by atoms with van der Waals surface area (Å²) in [5.74, 6) is 3.87. The molecule has 2 spiro atoms. The number of hydrogen-bond acceptors (Lipinski definition) is 8. The number of aryl methyl sites for hydroxylation is 4. The first kappa shape index (κ1) is 22.3. The van der Waals surface area contributed by atoms with E-state index in [0.29, 0.717) is 13.2 Å². The smallest absolute Gasteiger partial charge is 0.170 e. The van der Waals surface area contributed by atoms with Crippen molar-refractivity contribution in [3.05, 3.63) is 54.7 Å². The molecule has 4 aromatic rings. The predicted octanol–water partition coefficient (Wildman–Crippen LogP) is 5.69. The van der Waals surface area contributed by atoms with Gasteiger partial charge in [0.1, 0.15) is 32.9 Å². The maximum atomic E-state index is 6.12. The standard InChI is InChI=1S/C12H12BrN3OS.C12H13N3OS/c1-6-9(13)8-5-17-12(3-4-12)11-15-14-7(2)16(11)10(8)18-6;1-7-5-9-6-16-12(3-4-12)11-14-13-8(2)15(11)10(9)17-7/h3-5H2,1-2H3;5H,3-4,6H2,1-2H3. The summed E-state index contributed by atoms with van der Waals surface area (Å²) in [6, 6.07) is 2.21. The maximum absolute atomic E-state index is 6.12. The third kappa shape index (κ3) is 3.28. The Morgan fingerprint density at radius 2 is 1.37 bits per heavy atom. The van der Waals surface area contributed by atoms with Crippen LogP contribution >= 0.6 is 38.6 Å². The maximum Gasteiger partial charge on any atom is 0.170 e. The third-order valence-corrected chi connectivity index (χ3v) is 10.8. The number of nitrogens with zero attached hydrogens (tertiary/aromatic N) is 6. The molecule has 4 aliphatic rings. The van der Waals surface area contributed by atoms with Crippen LogP contribution in [0.5, 0.6) is 0 Å². The highest BCUT2D eigenvalue weighted by Crippen LogP contribution is 2.53. The number of halogens is 1. The minimum atomic E-state index is -0.173. The molecular formula is C24H25BrN6O2S2. The molecule has 0 bridgehead atoms. The number of thiophene rings is 2. The van der Waals surface area contributed by atoms with Crippen LogP contribution in [0.25, 0.3) is 10.0 Å². The number of ether oxygens (including phenoxy) is 2. The van der Waals surface area contributed by atoms with Crippen molar-refractivity contribution in [2.75, 3.05) is 0 Å². The average molecular weight is 574 g/mol. The lowest BCUT2D eigenvalue weighted by Gasteiger charge is -2.12. The van der Waals surface area contributed by atoms with E-state index in [1.54, 1.807) is 22.7 Å². The van der Waals surface area contributed by atoms with Crippen molar-refractivity contribution in [2.24, 2.45) is 0 Å². The molecule has 0 aromatic carbocycles. The van der Waals surface area contributed by atoms with E-state index in [9.17, 15) is 0 Å². The molecule has 0 atom stereocenters. The monoisotopic (exact) mass is 572 g/mol. The van der Waals surface area contributed by atoms with Gasteiger partial charge in [-0.2, -0.15) is 0 Å². The van der Waals surface area contributed by atoms with Crippen molar-refractivity contribution in [3.8, 4) is 10.0 Å². The molecule has 0 radical (unpaired) electrons. The molecular weight excluding hydrogens is 548 g/mol. The molecule has 4 aromatic heterocycles. The summed E-state index contributed by atoms with van der Waals surface area (Å²) >= 11 is 7.24. The van der Waals surface area contributed by atoms with Crippen LogP contribution in [-0.2, 0) is 33.9 Å². The second-order valence-electron chi connectivity index (χ2n) is 9.82. The zero-order valence-corrected chi connectivity index (χ0v) is 23.2. The number of rotatable bonds is 0. The van der Waals surface area contributed by atoms with Gasteiger partial charge >= 0.3 is 0 Å². The fraction of sp³-hybridized carbons (Fsp3) is 0.500. The molecule has 0 amide bonds. The van der Waals surface area contributed by atoms with Crippen molar-refractivity contribution in [1.29, 1.82) is 0 Å². The van der Waals surface area contributed by atoms with Gasteiger partial charge in [0.25, 0.3) is 0 Å². The highest BCUT2D eigenvalue weighted by Gasteiger charge is 2.53. The Kier molecular flexibility index (Phi) is 4.81. The lowest BCUT2D eigenvalue weighted by molar-refractivity contribution is 0.0134. The summed E-state index contributed by atoms with van der Waals surface area (Å²) in [4.78, 5) is 2.58. The van der Waals surface area contributed by atoms with Crippen LogP contribution in [0.4, 0.5) is 0 Å². The molecule has 8 rings (SSSR count). The molecule has 0 unspecified atom stereocenters. The van der Waals surface area contributed by atoms with Gasteiger partial charge in [-0.15, -0.1) is 43.1 Å². The van der Waals surface area contributed by atoms with Crippen molar-refractivity contribution in [2.45, 2.75) is 77.8 Å². The number of hydrogen-bond donors (Lipinski definition) is 0. The summed E-state index contributed by atoms with van der Waals surface area (Å²) in [5, 5.41) is 19.6. The highest BCUT2D eigenvalue weighted by molar-refractivity contribution is 9.10. The molecule has 182 valence electrons. The van der Waals surface area contributed by atoms with Crippen LogP contribution in [0.1, 0.15) is 69.9 Å². The molecule has 0 saturated heterocycles. The highest BCUT2D eigenvalue weighted by atomic mass is 79.9. The fourth-order valence-electron chi connectivity index (χ4n) is 5.03. The summed E-state index contributed by atoms with van der Waals surface area (Å²) in [7, 11) is 0. The van der Waals surface area contributed by atoms with E-state index in [4.69, 9.17) is 9.47 Å². The zero-order valence-electron chi connectivity index (χ0n) is 20.0. The van der Waals surface area contributed by atoms with E-state index in [1.807, 2.05) is 13.8 Å². The topological polar surface area (TPSA) is 79.9 Å². The van der Waals surface area contributed by atoms with E-state index in [2.05, 4.69) is 65.4 Å². The molecule has 35 heavy (non-hydrogen) atoms. The molecule has 2 fully saturated rings. The van der Waals surface area contributed by atoms with Crippen molar-refractivity contribution in [3.63, 3.8) is 0 Å². The van der Waals surface area contributed by atoms with Crippen LogP contribution in [0, 0.1) is 27.7 Å². The summed E-state index contributed by atoms with van der Waals surface area (Å²) in [6.07, 6.45) is 4.24. The van der Waals surface area contributed by atoms with Gasteiger partial charge in [-0.05, 0) is 75.4 Å². The Morgan fingerprint density at radius 1 is 0.800 bits per heavy atom. The van der Waals surface area contributed by atoms with Gasteiger partial charge in [-0.1, -0.05) is 0 Å². The summed E-state index contributed by atoms with van der Waals surface area (Å²) < 4.78 is 17.7. The van der Waals surface area contributed by atoms with E-state index in [1.165, 1.54) is 35.4 Å². The van der Waals surface area contributed by atoms with Crippen LogP contribution in [0.3, 0.4) is 0 Å². The van der Waals surface area contributed by atoms with Gasteiger partial charge in [0, 0.05) is 25.4 Å². The van der Waals surface area contributed by atoms with E-state index in [0.717, 1.165) is 49.0 Å². The second-order valence-corrected chi connectivity index (χ2v) is 13.1. The van der Waals surface area contributed by atoms with E-state index >= 15 is 0 Å². The summed E-state index contributed by atoms with van der Waals surface area (Å²) in [6.45, 7) is 9.62. The lowest BCUT2D eigenvalue weighted by Crippen LogP contribution is -2.14. The fourth-order valence-corrected chi connectivity index (χ4v) is 7.87. The third-order valence-electron chi connectivity index (χ3n) is 7.27. The first-order chi connectivity index (χ1) is 16.8. The molecule has 0 N–H and O–H groups in total. The zero-order chi connectivity index (χ0) is 24.1. The first-order valence-electron chi connectivity index (χ1n) is 11.8. The van der Waals surface area contributed by atoms with Crippen LogP contribution in [-0.4, -0.2) is 29.5 Å². The van der Waals surface area contributed by atoms with Gasteiger partial charge in [0.15, 0.2) is 11.6 Å². The second kappa shape index (κ2) is 7.55. The van der Waals surface area contributed by atoms with Gasteiger partial charge in [0.2, 0.25) is 0 Å². The Morgan fingerprint density at radius 3 is 1.97 bits per heavy atom. The lowest BCUT2D eigenvalue weighted by atomic mass is 10.3. The van der Waals surface area contributed by atoms with Crippen LogP contribution < -0.4 is 0 Å². The van der Waals surface area contributed by atoms with Crippen molar-refractivity contribution >= 4 is 38.6 Å². The normalized spacial score (nSPS) is 19.7. The number of aromatic nitrogens is 6. The van der Waals surface area contributed by atoms with Gasteiger partial charge < -0.3 is 9.47 Å². The van der Waals surface area contributed by atoms with Gasteiger partial charge in [-0.3, -0.25) is 9.13 Å². The van der Waals surface area contributed by atoms with Crippen molar-refractivity contribution in [1.82, 2.24) is 29.5 Å². The Balaban J connectivity index is 0.000000120. The molecule has 6 heterocycles. The Labute approximate surface area is 219 Å². The summed E-state index contributed by atoms with van der Waals surface area (Å²) in [5.41, 5.74) is 2.17. The molecule has 2 aliphatic carbocycles. The first-order valence-corrected chi connectivity index (χ1v) is 14.3. The van der Waals surface area contributed by atoms with Gasteiger partial charge in [-0.25, -0.2) is 0 Å². The molecule has 11 heteroatoms. The van der Waals surface area contributed by atoms with Crippen LogP contribution in [0.15, 0.2) is 10.5 Å². The van der Waals surface area contributed by atoms with Crippen molar-refractivity contribution < 1.29 is 9.47 Å². The minimum Gasteiger partial charge on any atom is -0.362 e. The molecule has 8 nitrogen and oxygen atoms in total. The largest absolute Gasteiger partial charge is 0.362 e. The van der Waals surface area contributed by atoms with E-state index < -0.39 is 0 Å². The van der Waals surface area contributed by atoms with Crippen LogP contribution in [0.2, 0.25) is 0 Å².